The van der Waals surface area contributed by atoms with Gasteiger partial charge in [-0.2, -0.15) is 0 Å². The molecule has 6 nitrogen and oxygen atoms in total. The van der Waals surface area contributed by atoms with Crippen molar-refractivity contribution in [2.45, 2.75) is 232 Å². The summed E-state index contributed by atoms with van der Waals surface area (Å²) in [6.45, 7) is 6.35. The van der Waals surface area contributed by atoms with E-state index >= 15 is 0 Å². The molecule has 0 aliphatic rings. The smallest absolute Gasteiger partial charge is 0.306 e. The number of ether oxygens (including phenoxy) is 3. The average molecular weight is 849 g/mol. The summed E-state index contributed by atoms with van der Waals surface area (Å²) in [7, 11) is 0. The summed E-state index contributed by atoms with van der Waals surface area (Å²) in [5, 5.41) is 0. The molecule has 0 radical (unpaired) electrons. The van der Waals surface area contributed by atoms with Gasteiger partial charge >= 0.3 is 17.9 Å². The first-order valence-corrected chi connectivity index (χ1v) is 25.1. The summed E-state index contributed by atoms with van der Waals surface area (Å²) < 4.78 is 16.7. The van der Waals surface area contributed by atoms with E-state index in [0.717, 1.165) is 122 Å². The fraction of sp³-hybridized carbons (Fsp3) is 0.691. The Morgan fingerprint density at radius 1 is 0.344 bits per heavy atom. The highest BCUT2D eigenvalue weighted by Gasteiger charge is 2.19. The summed E-state index contributed by atoms with van der Waals surface area (Å²) >= 11 is 0. The van der Waals surface area contributed by atoms with E-state index < -0.39 is 6.10 Å². The molecule has 0 fully saturated rings. The molecular weight excluding hydrogens is 757 g/mol. The van der Waals surface area contributed by atoms with Crippen LogP contribution in [0.2, 0.25) is 0 Å². The van der Waals surface area contributed by atoms with Gasteiger partial charge in [0.25, 0.3) is 0 Å². The van der Waals surface area contributed by atoms with Crippen molar-refractivity contribution in [1.82, 2.24) is 0 Å². The second-order valence-corrected chi connectivity index (χ2v) is 16.3. The minimum absolute atomic E-state index is 0.0959. The number of carbonyl (C=O) groups excluding carboxylic acids is 3. The van der Waals surface area contributed by atoms with Crippen molar-refractivity contribution in [3.63, 3.8) is 0 Å². The number of hydrogen-bond donors (Lipinski definition) is 0. The monoisotopic (exact) mass is 849 g/mol. The number of rotatable bonds is 44. The van der Waals surface area contributed by atoms with Gasteiger partial charge in [0.15, 0.2) is 6.10 Å². The van der Waals surface area contributed by atoms with Crippen LogP contribution in [0.1, 0.15) is 226 Å². The second-order valence-electron chi connectivity index (χ2n) is 16.3. The van der Waals surface area contributed by atoms with Gasteiger partial charge in [-0.3, -0.25) is 14.4 Å². The van der Waals surface area contributed by atoms with Crippen molar-refractivity contribution >= 4 is 17.9 Å². The molecule has 61 heavy (non-hydrogen) atoms. The largest absolute Gasteiger partial charge is 0.462 e. The van der Waals surface area contributed by atoms with Crippen LogP contribution in [0, 0.1) is 0 Å². The zero-order valence-electron chi connectivity index (χ0n) is 39.7. The summed E-state index contributed by atoms with van der Waals surface area (Å²) in [6, 6.07) is 0. The third kappa shape index (κ3) is 47.5. The van der Waals surface area contributed by atoms with Gasteiger partial charge in [0.05, 0.1) is 0 Å². The Morgan fingerprint density at radius 2 is 0.639 bits per heavy atom. The van der Waals surface area contributed by atoms with E-state index in [1.807, 2.05) is 0 Å². The van der Waals surface area contributed by atoms with Gasteiger partial charge in [0.1, 0.15) is 13.2 Å². The standard InChI is InChI=1S/C55H92O6/c1-4-7-10-13-16-19-22-25-27-30-33-36-39-42-45-48-54(57)60-51-52(50-59-53(56)47-44-41-38-35-32-29-24-21-18-15-12-9-6-3)61-55(58)49-46-43-40-37-34-31-28-26-23-20-17-14-11-8-5-2/h7-8,10-11,16-17,19-20,25-28,33,36,52H,4-6,9,12-15,18,21-24,29-32,34-35,37-51H2,1-3H3/b10-7-,11-8-,19-16-,20-17-,27-25-,28-26-,36-33-/t52-/m1/s1. The first kappa shape index (κ1) is 57.6. The lowest BCUT2D eigenvalue weighted by molar-refractivity contribution is -0.167. The van der Waals surface area contributed by atoms with Gasteiger partial charge in [-0.05, 0) is 89.9 Å². The lowest BCUT2D eigenvalue weighted by Crippen LogP contribution is -2.30. The summed E-state index contributed by atoms with van der Waals surface area (Å²) in [6.07, 6.45) is 62.8. The first-order valence-electron chi connectivity index (χ1n) is 25.1. The second kappa shape index (κ2) is 49.2. The molecule has 6 heteroatoms. The van der Waals surface area contributed by atoms with E-state index in [0.29, 0.717) is 19.3 Å². The van der Waals surface area contributed by atoms with Crippen LogP contribution in [0.3, 0.4) is 0 Å². The SMILES string of the molecule is CC/C=C\C/C=C\C/C=C\C/C=C\CCCCC(=O)OC[C@@H](COC(=O)CCCCCCCCCCCCCCC)OC(=O)CCCCCCC/C=C\C/C=C\C/C=C\CC. The number of unbranched alkanes of at least 4 members (excludes halogenated alkanes) is 19. The molecule has 0 aromatic heterocycles. The topological polar surface area (TPSA) is 78.9 Å². The molecule has 0 bridgehead atoms. The molecule has 0 aromatic carbocycles. The predicted octanol–water partition coefficient (Wildman–Crippen LogP) is 16.4. The number of esters is 3. The molecule has 0 aliphatic heterocycles. The van der Waals surface area contributed by atoms with Crippen molar-refractivity contribution in [3.8, 4) is 0 Å². The average Bonchev–Trinajstić information content (AvgIpc) is 3.26. The Kier molecular flexibility index (Phi) is 46.5. The molecule has 348 valence electrons. The quantitative estimate of drug-likeness (QED) is 0.0263. The lowest BCUT2D eigenvalue weighted by atomic mass is 10.0. The van der Waals surface area contributed by atoms with Gasteiger partial charge in [-0.25, -0.2) is 0 Å². The number of hydrogen-bond acceptors (Lipinski definition) is 6. The van der Waals surface area contributed by atoms with Gasteiger partial charge in [0, 0.05) is 19.3 Å². The summed E-state index contributed by atoms with van der Waals surface area (Å²) in [5.41, 5.74) is 0. The molecule has 0 rings (SSSR count). The molecule has 1 atom stereocenters. The molecule has 0 amide bonds. The van der Waals surface area contributed by atoms with Crippen LogP contribution in [0.4, 0.5) is 0 Å². The molecule has 0 spiro atoms. The Bertz CT molecular complexity index is 1200. The van der Waals surface area contributed by atoms with Gasteiger partial charge < -0.3 is 14.2 Å². The van der Waals surface area contributed by atoms with Crippen LogP contribution in [0.25, 0.3) is 0 Å². The highest BCUT2D eigenvalue weighted by molar-refractivity contribution is 5.71. The normalized spacial score (nSPS) is 12.8. The predicted molar refractivity (Wildman–Crippen MR) is 261 cm³/mol. The van der Waals surface area contributed by atoms with E-state index in [1.54, 1.807) is 0 Å². The van der Waals surface area contributed by atoms with Crippen molar-refractivity contribution in [2.75, 3.05) is 13.2 Å². The maximum Gasteiger partial charge on any atom is 0.306 e. The van der Waals surface area contributed by atoms with Crippen LogP contribution in [0.5, 0.6) is 0 Å². The molecule has 0 N–H and O–H groups in total. The minimum atomic E-state index is -0.800. The van der Waals surface area contributed by atoms with Crippen molar-refractivity contribution in [1.29, 1.82) is 0 Å². The third-order valence-corrected chi connectivity index (χ3v) is 10.4. The van der Waals surface area contributed by atoms with E-state index in [-0.39, 0.29) is 31.1 Å². The van der Waals surface area contributed by atoms with Crippen LogP contribution < -0.4 is 0 Å². The van der Waals surface area contributed by atoms with E-state index in [2.05, 4.69) is 106 Å². The summed E-state index contributed by atoms with van der Waals surface area (Å²) in [4.78, 5) is 37.9. The van der Waals surface area contributed by atoms with E-state index in [9.17, 15) is 14.4 Å². The molecule has 0 saturated carbocycles. The Morgan fingerprint density at radius 3 is 1.03 bits per heavy atom. The van der Waals surface area contributed by atoms with Crippen LogP contribution in [-0.2, 0) is 28.6 Å². The fourth-order valence-electron chi connectivity index (χ4n) is 6.68. The highest BCUT2D eigenvalue weighted by Crippen LogP contribution is 2.14. The van der Waals surface area contributed by atoms with E-state index in [1.165, 1.54) is 64.2 Å². The van der Waals surface area contributed by atoms with Crippen LogP contribution >= 0.6 is 0 Å². The molecule has 0 heterocycles. The van der Waals surface area contributed by atoms with Crippen LogP contribution in [0.15, 0.2) is 85.1 Å². The highest BCUT2D eigenvalue weighted by atomic mass is 16.6. The maximum atomic E-state index is 12.8. The first-order chi connectivity index (χ1) is 30.0. The summed E-state index contributed by atoms with van der Waals surface area (Å²) in [5.74, 6) is -0.958. The molecule has 0 aliphatic carbocycles. The lowest BCUT2D eigenvalue weighted by Gasteiger charge is -2.18. The van der Waals surface area contributed by atoms with Crippen LogP contribution in [-0.4, -0.2) is 37.2 Å². The Balaban J connectivity index is 4.48. The van der Waals surface area contributed by atoms with Crippen molar-refractivity contribution < 1.29 is 28.6 Å². The number of carbonyl (C=O) groups is 3. The molecule has 0 aromatic rings. The molecule has 0 saturated heterocycles. The molecule has 0 unspecified atom stereocenters. The minimum Gasteiger partial charge on any atom is -0.462 e. The zero-order chi connectivity index (χ0) is 44.4. The fourth-order valence-corrected chi connectivity index (χ4v) is 6.68. The van der Waals surface area contributed by atoms with E-state index in [4.69, 9.17) is 14.2 Å². The Hall–Kier alpha value is -3.41. The van der Waals surface area contributed by atoms with Gasteiger partial charge in [0.2, 0.25) is 0 Å². The maximum absolute atomic E-state index is 12.8. The zero-order valence-corrected chi connectivity index (χ0v) is 39.7. The molecular formula is C55H92O6. The van der Waals surface area contributed by atoms with Gasteiger partial charge in [-0.15, -0.1) is 0 Å². The van der Waals surface area contributed by atoms with Crippen molar-refractivity contribution in [3.05, 3.63) is 85.1 Å². The van der Waals surface area contributed by atoms with Crippen molar-refractivity contribution in [2.24, 2.45) is 0 Å². The third-order valence-electron chi connectivity index (χ3n) is 10.4. The van der Waals surface area contributed by atoms with Gasteiger partial charge in [-0.1, -0.05) is 202 Å². The Labute approximate surface area is 375 Å². The number of allylic oxidation sites excluding steroid dienone is 14.